The molecule has 0 bridgehead atoms. The number of hydrogen-bond acceptors (Lipinski definition) is 5. The zero-order valence-corrected chi connectivity index (χ0v) is 13.4. The fourth-order valence-electron chi connectivity index (χ4n) is 1.63. The van der Waals surface area contributed by atoms with E-state index in [-0.39, 0.29) is 5.92 Å². The van der Waals surface area contributed by atoms with Gasteiger partial charge >= 0.3 is 0 Å². The molecule has 2 rings (SSSR count). The quantitative estimate of drug-likeness (QED) is 0.715. The van der Waals surface area contributed by atoms with Crippen molar-refractivity contribution in [3.05, 3.63) is 40.5 Å². The van der Waals surface area contributed by atoms with Crippen LogP contribution in [0, 0.1) is 11.3 Å². The third kappa shape index (κ3) is 4.09. The standard InChI is InChI=1S/C14H14BrN3OS/c1-10(5-4-8-16)14-17-13(18-19-14)9-20-12-7-3-2-6-11(12)15/h2-3,6-7,10H,4-5,9H2,1H3. The molecule has 0 aliphatic carbocycles. The monoisotopic (exact) mass is 351 g/mol. The van der Waals surface area contributed by atoms with Gasteiger partial charge in [-0.3, -0.25) is 0 Å². The van der Waals surface area contributed by atoms with Crippen LogP contribution in [0.5, 0.6) is 0 Å². The molecular formula is C14H14BrN3OS. The van der Waals surface area contributed by atoms with E-state index in [4.69, 9.17) is 9.78 Å². The fourth-order valence-corrected chi connectivity index (χ4v) is 3.05. The molecule has 1 aromatic carbocycles. The van der Waals surface area contributed by atoms with Crippen molar-refractivity contribution in [3.63, 3.8) is 0 Å². The van der Waals surface area contributed by atoms with E-state index in [1.165, 1.54) is 0 Å². The van der Waals surface area contributed by atoms with Crippen LogP contribution in [0.1, 0.15) is 37.4 Å². The molecule has 1 aromatic heterocycles. The van der Waals surface area contributed by atoms with E-state index < -0.39 is 0 Å². The largest absolute Gasteiger partial charge is 0.339 e. The molecule has 0 radical (unpaired) electrons. The number of aromatic nitrogens is 2. The van der Waals surface area contributed by atoms with Gasteiger partial charge in [-0.25, -0.2) is 0 Å². The van der Waals surface area contributed by atoms with Gasteiger partial charge in [0.25, 0.3) is 0 Å². The molecular weight excluding hydrogens is 338 g/mol. The summed E-state index contributed by atoms with van der Waals surface area (Å²) in [6.07, 6.45) is 1.25. The van der Waals surface area contributed by atoms with Crippen LogP contribution in [0.15, 0.2) is 38.2 Å². The van der Waals surface area contributed by atoms with Gasteiger partial charge in [0, 0.05) is 21.7 Å². The number of hydrogen-bond donors (Lipinski definition) is 0. The molecule has 0 aliphatic heterocycles. The maximum absolute atomic E-state index is 8.58. The molecule has 0 fully saturated rings. The van der Waals surface area contributed by atoms with E-state index >= 15 is 0 Å². The first-order valence-corrected chi connectivity index (χ1v) is 8.05. The van der Waals surface area contributed by atoms with E-state index in [0.29, 0.717) is 23.9 Å². The summed E-state index contributed by atoms with van der Waals surface area (Å²) in [4.78, 5) is 5.53. The maximum atomic E-state index is 8.58. The smallest absolute Gasteiger partial charge is 0.229 e. The highest BCUT2D eigenvalue weighted by Gasteiger charge is 2.14. The van der Waals surface area contributed by atoms with Gasteiger partial charge in [-0.05, 0) is 34.5 Å². The number of thioether (sulfide) groups is 1. The molecule has 6 heteroatoms. The third-order valence-electron chi connectivity index (χ3n) is 2.79. The number of rotatable bonds is 6. The normalized spacial score (nSPS) is 12.1. The van der Waals surface area contributed by atoms with E-state index in [1.54, 1.807) is 11.8 Å². The molecule has 0 saturated heterocycles. The number of nitrogens with zero attached hydrogens (tertiary/aromatic N) is 3. The van der Waals surface area contributed by atoms with Crippen LogP contribution < -0.4 is 0 Å². The maximum Gasteiger partial charge on any atom is 0.229 e. The van der Waals surface area contributed by atoms with Crippen LogP contribution in [-0.2, 0) is 5.75 Å². The first kappa shape index (κ1) is 15.1. The SMILES string of the molecule is CC(CCC#N)c1nc(CSc2ccccc2Br)no1. The molecule has 4 nitrogen and oxygen atoms in total. The molecule has 1 heterocycles. The van der Waals surface area contributed by atoms with Crippen LogP contribution >= 0.6 is 27.7 Å². The van der Waals surface area contributed by atoms with Crippen molar-refractivity contribution in [1.29, 1.82) is 5.26 Å². The molecule has 20 heavy (non-hydrogen) atoms. The van der Waals surface area contributed by atoms with Crippen LogP contribution in [0.4, 0.5) is 0 Å². The second-order valence-electron chi connectivity index (χ2n) is 4.37. The van der Waals surface area contributed by atoms with Gasteiger partial charge in [0.05, 0.1) is 11.8 Å². The highest BCUT2D eigenvalue weighted by Crippen LogP contribution is 2.29. The van der Waals surface area contributed by atoms with Crippen LogP contribution in [0.2, 0.25) is 0 Å². The fraction of sp³-hybridized carbons (Fsp3) is 0.357. The lowest BCUT2D eigenvalue weighted by molar-refractivity contribution is 0.351. The van der Waals surface area contributed by atoms with Gasteiger partial charge in [0.2, 0.25) is 5.89 Å². The van der Waals surface area contributed by atoms with Crippen molar-refractivity contribution in [1.82, 2.24) is 10.1 Å². The van der Waals surface area contributed by atoms with Gasteiger partial charge in [-0.1, -0.05) is 24.2 Å². The van der Waals surface area contributed by atoms with Crippen LogP contribution in [0.3, 0.4) is 0 Å². The average Bonchev–Trinajstić information content (AvgIpc) is 2.93. The Labute approximate surface area is 130 Å². The van der Waals surface area contributed by atoms with E-state index in [2.05, 4.69) is 32.1 Å². The number of nitriles is 1. The average molecular weight is 352 g/mol. The predicted octanol–water partition coefficient (Wildman–Crippen LogP) is 4.53. The Balaban J connectivity index is 1.93. The number of benzene rings is 1. The third-order valence-corrected chi connectivity index (χ3v) is 4.81. The lowest BCUT2D eigenvalue weighted by Crippen LogP contribution is -1.94. The lowest BCUT2D eigenvalue weighted by Gasteiger charge is -2.01. The highest BCUT2D eigenvalue weighted by molar-refractivity contribution is 9.10. The van der Waals surface area contributed by atoms with Gasteiger partial charge in [-0.15, -0.1) is 11.8 Å². The minimum Gasteiger partial charge on any atom is -0.339 e. The van der Waals surface area contributed by atoms with Gasteiger partial charge in [0.15, 0.2) is 5.82 Å². The molecule has 0 aliphatic rings. The molecule has 0 amide bonds. The minimum absolute atomic E-state index is 0.129. The molecule has 1 atom stereocenters. The molecule has 0 saturated carbocycles. The summed E-state index contributed by atoms with van der Waals surface area (Å²) < 4.78 is 6.31. The van der Waals surface area contributed by atoms with Crippen molar-refractivity contribution in [2.45, 2.75) is 36.3 Å². The zero-order valence-electron chi connectivity index (χ0n) is 11.0. The Morgan fingerprint density at radius 2 is 2.25 bits per heavy atom. The molecule has 104 valence electrons. The van der Waals surface area contributed by atoms with Crippen molar-refractivity contribution in [2.24, 2.45) is 0 Å². The van der Waals surface area contributed by atoms with Crippen LogP contribution in [-0.4, -0.2) is 10.1 Å². The molecule has 0 spiro atoms. The summed E-state index contributed by atoms with van der Waals surface area (Å²) in [5, 5.41) is 12.6. The Morgan fingerprint density at radius 1 is 1.45 bits per heavy atom. The minimum atomic E-state index is 0.129. The van der Waals surface area contributed by atoms with Gasteiger partial charge in [0.1, 0.15) is 0 Å². The predicted molar refractivity (Wildman–Crippen MR) is 81.3 cm³/mol. The van der Waals surface area contributed by atoms with Gasteiger partial charge in [-0.2, -0.15) is 10.2 Å². The lowest BCUT2D eigenvalue weighted by atomic mass is 10.1. The summed E-state index contributed by atoms with van der Waals surface area (Å²) in [5.41, 5.74) is 0. The topological polar surface area (TPSA) is 62.7 Å². The van der Waals surface area contributed by atoms with Crippen molar-refractivity contribution >= 4 is 27.7 Å². The Hall–Kier alpha value is -1.32. The van der Waals surface area contributed by atoms with Crippen molar-refractivity contribution in [2.75, 3.05) is 0 Å². The molecule has 0 N–H and O–H groups in total. The van der Waals surface area contributed by atoms with Crippen molar-refractivity contribution < 1.29 is 4.52 Å². The summed E-state index contributed by atoms with van der Waals surface area (Å²) in [6, 6.07) is 10.2. The summed E-state index contributed by atoms with van der Waals surface area (Å²) in [7, 11) is 0. The van der Waals surface area contributed by atoms with Gasteiger partial charge < -0.3 is 4.52 Å². The van der Waals surface area contributed by atoms with E-state index in [9.17, 15) is 0 Å². The van der Waals surface area contributed by atoms with E-state index in [1.807, 2.05) is 31.2 Å². The summed E-state index contributed by atoms with van der Waals surface area (Å²) >= 11 is 5.17. The zero-order chi connectivity index (χ0) is 14.4. The molecule has 2 aromatic rings. The Morgan fingerprint density at radius 3 is 3.00 bits per heavy atom. The first-order valence-electron chi connectivity index (χ1n) is 6.27. The van der Waals surface area contributed by atoms with E-state index in [0.717, 1.165) is 15.8 Å². The van der Waals surface area contributed by atoms with Crippen molar-refractivity contribution in [3.8, 4) is 6.07 Å². The first-order chi connectivity index (χ1) is 9.70. The highest BCUT2D eigenvalue weighted by atomic mass is 79.9. The second-order valence-corrected chi connectivity index (χ2v) is 6.24. The van der Waals surface area contributed by atoms with Crippen LogP contribution in [0.25, 0.3) is 0 Å². The summed E-state index contributed by atoms with van der Waals surface area (Å²) in [5.74, 6) is 2.09. The molecule has 1 unspecified atom stereocenters. The second kappa shape index (κ2) is 7.46. The number of halogens is 1. The summed E-state index contributed by atoms with van der Waals surface area (Å²) in [6.45, 7) is 2.00. The Kier molecular flexibility index (Phi) is 5.62. The Bertz CT molecular complexity index is 608.